The van der Waals surface area contributed by atoms with Gasteiger partial charge in [0.15, 0.2) is 0 Å². The molecule has 0 aliphatic rings. The van der Waals surface area contributed by atoms with Crippen LogP contribution in [0.1, 0.15) is 21.5 Å². The Morgan fingerprint density at radius 1 is 1.25 bits per heavy atom. The molecule has 2 rings (SSSR count). The Bertz CT molecular complexity index is 588. The maximum Gasteiger partial charge on any atom is 0.338 e. The van der Waals surface area contributed by atoms with Gasteiger partial charge >= 0.3 is 5.97 Å². The lowest BCUT2D eigenvalue weighted by molar-refractivity contribution is 0.0692. The Balaban J connectivity index is 2.88. The van der Waals surface area contributed by atoms with Crippen LogP contribution in [0.2, 0.25) is 0 Å². The van der Waals surface area contributed by atoms with E-state index in [-0.39, 0.29) is 5.56 Å². The summed E-state index contributed by atoms with van der Waals surface area (Å²) >= 11 is 0. The van der Waals surface area contributed by atoms with Gasteiger partial charge in [0.2, 0.25) is 0 Å². The molecule has 0 bridgehead atoms. The lowest BCUT2D eigenvalue weighted by Crippen LogP contribution is -2.02. The minimum Gasteiger partial charge on any atom is -0.478 e. The lowest BCUT2D eigenvalue weighted by Gasteiger charge is -2.07. The normalized spacial score (nSPS) is 10.7. The summed E-state index contributed by atoms with van der Waals surface area (Å²) in [5.74, 6) is -1.88. The zero-order valence-corrected chi connectivity index (χ0v) is 9.04. The molecule has 0 heterocycles. The zero-order valence-electron chi connectivity index (χ0n) is 9.04. The molecule has 0 saturated carbocycles. The van der Waals surface area contributed by atoms with Crippen LogP contribution in [0.15, 0.2) is 24.3 Å². The van der Waals surface area contributed by atoms with Crippen LogP contribution in [-0.2, 0) is 0 Å². The summed E-state index contributed by atoms with van der Waals surface area (Å²) in [5, 5.41) is 10.4. The van der Waals surface area contributed by atoms with E-state index in [9.17, 15) is 9.18 Å². The highest BCUT2D eigenvalue weighted by Gasteiger charge is 2.15. The third-order valence-electron chi connectivity index (χ3n) is 2.71. The minimum absolute atomic E-state index is 0.268. The highest BCUT2D eigenvalue weighted by atomic mass is 19.1. The van der Waals surface area contributed by atoms with Gasteiger partial charge in [-0.3, -0.25) is 0 Å². The molecule has 0 aliphatic carbocycles. The summed E-state index contributed by atoms with van der Waals surface area (Å²) in [7, 11) is 0. The largest absolute Gasteiger partial charge is 0.478 e. The maximum absolute atomic E-state index is 13.7. The molecule has 0 radical (unpaired) electrons. The zero-order chi connectivity index (χ0) is 11.9. The Labute approximate surface area is 92.3 Å². The molecule has 0 amide bonds. The lowest BCUT2D eigenvalue weighted by atomic mass is 9.99. The Morgan fingerprint density at radius 3 is 2.56 bits per heavy atom. The summed E-state index contributed by atoms with van der Waals surface area (Å²) in [6, 6.07) is 6.94. The summed E-state index contributed by atoms with van der Waals surface area (Å²) in [6.45, 7) is 3.51. The van der Waals surface area contributed by atoms with Crippen molar-refractivity contribution in [3.8, 4) is 0 Å². The molecule has 0 atom stereocenters. The van der Waals surface area contributed by atoms with E-state index in [1.165, 1.54) is 6.07 Å². The number of rotatable bonds is 1. The topological polar surface area (TPSA) is 37.3 Å². The van der Waals surface area contributed by atoms with Gasteiger partial charge in [0.05, 0.1) is 5.56 Å². The fraction of sp³-hybridized carbons (Fsp3) is 0.154. The number of hydrogen-bond donors (Lipinski definition) is 1. The third kappa shape index (κ3) is 1.54. The van der Waals surface area contributed by atoms with Crippen LogP contribution in [0, 0.1) is 19.7 Å². The first-order valence-corrected chi connectivity index (χ1v) is 4.93. The number of aromatic carboxylic acids is 1. The Kier molecular flexibility index (Phi) is 2.38. The standard InChI is InChI=1S/C13H11FO2/c1-7-3-4-10-8(2)12(14)11(13(15)16)6-9(10)5-7/h3-6H,1-2H3,(H,15,16). The van der Waals surface area contributed by atoms with E-state index in [0.29, 0.717) is 5.56 Å². The Hall–Kier alpha value is -1.90. The predicted octanol–water partition coefficient (Wildman–Crippen LogP) is 3.29. The molecule has 0 fully saturated rings. The molecule has 0 aliphatic heterocycles. The van der Waals surface area contributed by atoms with Crippen LogP contribution in [0.25, 0.3) is 10.8 Å². The van der Waals surface area contributed by atoms with Crippen LogP contribution in [0.3, 0.4) is 0 Å². The highest BCUT2D eigenvalue weighted by Crippen LogP contribution is 2.25. The number of halogens is 1. The first-order chi connectivity index (χ1) is 7.50. The average molecular weight is 218 g/mol. The molecule has 0 aromatic heterocycles. The molecule has 0 spiro atoms. The summed E-state index contributed by atoms with van der Waals surface area (Å²) in [5.41, 5.74) is 1.14. The van der Waals surface area contributed by atoms with Crippen molar-refractivity contribution in [1.82, 2.24) is 0 Å². The van der Waals surface area contributed by atoms with Gasteiger partial charge in [0.1, 0.15) is 5.82 Å². The van der Waals surface area contributed by atoms with Crippen molar-refractivity contribution in [3.05, 3.63) is 46.8 Å². The van der Waals surface area contributed by atoms with Gasteiger partial charge in [-0.2, -0.15) is 0 Å². The molecule has 3 heteroatoms. The van der Waals surface area contributed by atoms with Gasteiger partial charge in [-0.15, -0.1) is 0 Å². The van der Waals surface area contributed by atoms with E-state index in [0.717, 1.165) is 16.3 Å². The van der Waals surface area contributed by atoms with Gasteiger partial charge in [-0.25, -0.2) is 9.18 Å². The van der Waals surface area contributed by atoms with Crippen LogP contribution < -0.4 is 0 Å². The van der Waals surface area contributed by atoms with Gasteiger partial charge in [-0.1, -0.05) is 23.8 Å². The SMILES string of the molecule is Cc1ccc2c(C)c(F)c(C(=O)O)cc2c1. The first kappa shape index (κ1) is 10.6. The van der Waals surface area contributed by atoms with Gasteiger partial charge in [-0.05, 0) is 36.2 Å². The van der Waals surface area contributed by atoms with Crippen molar-refractivity contribution >= 4 is 16.7 Å². The summed E-state index contributed by atoms with van der Waals surface area (Å²) < 4.78 is 13.7. The first-order valence-electron chi connectivity index (χ1n) is 4.93. The molecule has 0 saturated heterocycles. The van der Waals surface area contributed by atoms with Crippen LogP contribution in [0.5, 0.6) is 0 Å². The van der Waals surface area contributed by atoms with Crippen molar-refractivity contribution in [1.29, 1.82) is 0 Å². The maximum atomic E-state index is 13.7. The van der Waals surface area contributed by atoms with Crippen LogP contribution >= 0.6 is 0 Å². The number of carbonyl (C=O) groups is 1. The molecular formula is C13H11FO2. The van der Waals surface area contributed by atoms with E-state index < -0.39 is 11.8 Å². The highest BCUT2D eigenvalue weighted by molar-refractivity contribution is 5.96. The predicted molar refractivity (Wildman–Crippen MR) is 60.3 cm³/mol. The average Bonchev–Trinajstić information content (AvgIpc) is 2.22. The second-order valence-electron chi connectivity index (χ2n) is 3.89. The van der Waals surface area contributed by atoms with Crippen molar-refractivity contribution < 1.29 is 14.3 Å². The molecule has 1 N–H and O–H groups in total. The fourth-order valence-corrected chi connectivity index (χ4v) is 1.84. The quantitative estimate of drug-likeness (QED) is 0.797. The van der Waals surface area contributed by atoms with E-state index in [1.54, 1.807) is 6.92 Å². The monoisotopic (exact) mass is 218 g/mol. The van der Waals surface area contributed by atoms with Crippen molar-refractivity contribution in [2.24, 2.45) is 0 Å². The van der Waals surface area contributed by atoms with E-state index in [4.69, 9.17) is 5.11 Å². The Morgan fingerprint density at radius 2 is 1.94 bits per heavy atom. The second-order valence-corrected chi connectivity index (χ2v) is 3.89. The van der Waals surface area contributed by atoms with E-state index in [2.05, 4.69) is 0 Å². The molecule has 2 aromatic carbocycles. The number of fused-ring (bicyclic) bond motifs is 1. The molecule has 2 nitrogen and oxygen atoms in total. The van der Waals surface area contributed by atoms with Crippen molar-refractivity contribution in [2.45, 2.75) is 13.8 Å². The molecule has 2 aromatic rings. The summed E-state index contributed by atoms with van der Waals surface area (Å²) in [6.07, 6.45) is 0. The van der Waals surface area contributed by atoms with E-state index in [1.807, 2.05) is 25.1 Å². The number of carboxylic acids is 1. The minimum atomic E-state index is -1.23. The second kappa shape index (κ2) is 3.59. The molecular weight excluding hydrogens is 207 g/mol. The van der Waals surface area contributed by atoms with E-state index >= 15 is 0 Å². The molecule has 82 valence electrons. The van der Waals surface area contributed by atoms with Crippen molar-refractivity contribution in [2.75, 3.05) is 0 Å². The number of aryl methyl sites for hydroxylation is 2. The van der Waals surface area contributed by atoms with Gasteiger partial charge in [0.25, 0.3) is 0 Å². The van der Waals surface area contributed by atoms with Crippen LogP contribution in [0.4, 0.5) is 4.39 Å². The van der Waals surface area contributed by atoms with Crippen LogP contribution in [-0.4, -0.2) is 11.1 Å². The van der Waals surface area contributed by atoms with Gasteiger partial charge < -0.3 is 5.11 Å². The fourth-order valence-electron chi connectivity index (χ4n) is 1.84. The summed E-state index contributed by atoms with van der Waals surface area (Å²) in [4.78, 5) is 10.9. The molecule has 0 unspecified atom stereocenters. The van der Waals surface area contributed by atoms with Crippen molar-refractivity contribution in [3.63, 3.8) is 0 Å². The van der Waals surface area contributed by atoms with Gasteiger partial charge in [0, 0.05) is 0 Å². The smallest absolute Gasteiger partial charge is 0.338 e. The molecule has 16 heavy (non-hydrogen) atoms. The number of carboxylic acid groups (broad SMARTS) is 1. The number of hydrogen-bond acceptors (Lipinski definition) is 1. The number of benzene rings is 2. The third-order valence-corrected chi connectivity index (χ3v) is 2.71.